The smallest absolute Gasteiger partial charge is 0.142 e. The van der Waals surface area contributed by atoms with Gasteiger partial charge in [-0.25, -0.2) is 0 Å². The van der Waals surface area contributed by atoms with Crippen LogP contribution in [0.25, 0.3) is 0 Å². The lowest BCUT2D eigenvalue weighted by molar-refractivity contribution is 0.300. The molecule has 0 aliphatic carbocycles. The Hall–Kier alpha value is -1.47. The Bertz CT molecular complexity index is 648. The van der Waals surface area contributed by atoms with Crippen molar-refractivity contribution < 1.29 is 4.74 Å². The molecule has 5 nitrogen and oxygen atoms in total. The van der Waals surface area contributed by atoms with E-state index in [-0.39, 0.29) is 0 Å². The molecule has 1 aromatic heterocycles. The van der Waals surface area contributed by atoms with Gasteiger partial charge in [-0.05, 0) is 29.8 Å². The van der Waals surface area contributed by atoms with E-state index in [1.54, 1.807) is 0 Å². The lowest BCUT2D eigenvalue weighted by Crippen LogP contribution is -2.33. The van der Waals surface area contributed by atoms with Gasteiger partial charge in [0, 0.05) is 43.7 Å². The normalized spacial score (nSPS) is 16.0. The Morgan fingerprint density at radius 2 is 1.58 bits per heavy atom. The van der Waals surface area contributed by atoms with Crippen LogP contribution in [0.2, 0.25) is 0 Å². The summed E-state index contributed by atoms with van der Waals surface area (Å²) < 4.78 is 7.09. The summed E-state index contributed by atoms with van der Waals surface area (Å²) in [5.41, 5.74) is 3.15. The molecule has 1 aromatic carbocycles. The molecule has 2 aromatic rings. The van der Waals surface area contributed by atoms with E-state index in [2.05, 4.69) is 44.0 Å². The highest BCUT2D eigenvalue weighted by Crippen LogP contribution is 2.19. The Morgan fingerprint density at radius 3 is 2.38 bits per heavy atom. The first-order chi connectivity index (χ1) is 11.8. The van der Waals surface area contributed by atoms with Crippen LogP contribution in [-0.4, -0.2) is 31.2 Å². The van der Waals surface area contributed by atoms with Crippen molar-refractivity contribution in [3.8, 4) is 5.75 Å². The number of halogens is 1. The van der Waals surface area contributed by atoms with E-state index in [0.717, 1.165) is 59.9 Å². The monoisotopic (exact) mass is 390 g/mol. The number of ether oxygens (including phenoxy) is 1. The molecule has 6 heteroatoms. The first kappa shape index (κ1) is 17.4. The number of hydrogen-bond donors (Lipinski definition) is 3. The molecular weight excluding hydrogens is 368 g/mol. The molecule has 0 saturated heterocycles. The van der Waals surface area contributed by atoms with Crippen molar-refractivity contribution in [2.75, 3.05) is 26.2 Å². The second-order valence-electron chi connectivity index (χ2n) is 5.77. The molecule has 2 heterocycles. The third-order valence-electron chi connectivity index (χ3n) is 3.85. The Labute approximate surface area is 151 Å². The van der Waals surface area contributed by atoms with Gasteiger partial charge in [-0.3, -0.25) is 4.98 Å². The minimum Gasteiger partial charge on any atom is -0.487 e. The van der Waals surface area contributed by atoms with Crippen molar-refractivity contribution in [2.45, 2.75) is 19.7 Å². The molecule has 0 unspecified atom stereocenters. The first-order valence-electron chi connectivity index (χ1n) is 8.29. The van der Waals surface area contributed by atoms with E-state index in [4.69, 9.17) is 9.72 Å². The van der Waals surface area contributed by atoms with Gasteiger partial charge in [0.2, 0.25) is 0 Å². The summed E-state index contributed by atoms with van der Waals surface area (Å²) in [7, 11) is 0. The molecule has 3 rings (SSSR count). The van der Waals surface area contributed by atoms with Gasteiger partial charge in [-0.1, -0.05) is 28.1 Å². The highest BCUT2D eigenvalue weighted by Gasteiger charge is 2.08. The molecule has 3 N–H and O–H groups in total. The highest BCUT2D eigenvalue weighted by molar-refractivity contribution is 9.10. The standard InChI is InChI=1S/C18H23BrN4O/c19-15-3-1-14(2-4-15)13-24-18-6-5-16-11-21-9-7-20-8-10-22-12-17(18)23-16/h1-6,20-22H,7-13H2. The number of benzene rings is 1. The predicted molar refractivity (Wildman–Crippen MR) is 99.0 cm³/mol. The van der Waals surface area contributed by atoms with Crippen LogP contribution in [-0.2, 0) is 19.7 Å². The van der Waals surface area contributed by atoms with E-state index in [1.165, 1.54) is 0 Å². The molecule has 128 valence electrons. The van der Waals surface area contributed by atoms with Gasteiger partial charge >= 0.3 is 0 Å². The third-order valence-corrected chi connectivity index (χ3v) is 4.38. The number of fused-ring (bicyclic) bond motifs is 2. The van der Waals surface area contributed by atoms with E-state index in [0.29, 0.717) is 13.2 Å². The SMILES string of the molecule is Brc1ccc(COc2ccc3nc2CNCCNCCNC3)cc1. The largest absolute Gasteiger partial charge is 0.487 e. The van der Waals surface area contributed by atoms with Crippen LogP contribution in [0.1, 0.15) is 17.0 Å². The number of nitrogens with one attached hydrogen (secondary N) is 3. The van der Waals surface area contributed by atoms with Crippen LogP contribution in [0.15, 0.2) is 40.9 Å². The zero-order valence-electron chi connectivity index (χ0n) is 13.6. The molecule has 0 atom stereocenters. The molecule has 0 spiro atoms. The Kier molecular flexibility index (Phi) is 6.60. The van der Waals surface area contributed by atoms with Crippen LogP contribution in [0.3, 0.4) is 0 Å². The van der Waals surface area contributed by atoms with E-state index in [1.807, 2.05) is 24.3 Å². The van der Waals surface area contributed by atoms with Crippen molar-refractivity contribution in [3.63, 3.8) is 0 Å². The molecule has 2 bridgehead atoms. The van der Waals surface area contributed by atoms with Gasteiger partial charge in [-0.15, -0.1) is 0 Å². The zero-order valence-corrected chi connectivity index (χ0v) is 15.2. The second-order valence-corrected chi connectivity index (χ2v) is 6.68. The van der Waals surface area contributed by atoms with E-state index >= 15 is 0 Å². The number of nitrogens with zero attached hydrogens (tertiary/aromatic N) is 1. The molecule has 0 fully saturated rings. The molecule has 24 heavy (non-hydrogen) atoms. The van der Waals surface area contributed by atoms with Crippen molar-refractivity contribution in [3.05, 3.63) is 57.8 Å². The molecule has 1 aliphatic heterocycles. The Morgan fingerprint density at radius 1 is 0.875 bits per heavy atom. The van der Waals surface area contributed by atoms with Crippen LogP contribution < -0.4 is 20.7 Å². The minimum atomic E-state index is 0.543. The van der Waals surface area contributed by atoms with Crippen LogP contribution >= 0.6 is 15.9 Å². The quantitative estimate of drug-likeness (QED) is 0.749. The lowest BCUT2D eigenvalue weighted by atomic mass is 10.2. The molecular formula is C18H23BrN4O. The van der Waals surface area contributed by atoms with Gasteiger partial charge in [0.15, 0.2) is 0 Å². The second kappa shape index (κ2) is 9.13. The fourth-order valence-electron chi connectivity index (χ4n) is 2.53. The van der Waals surface area contributed by atoms with Crippen molar-refractivity contribution in [1.29, 1.82) is 0 Å². The maximum atomic E-state index is 6.01. The lowest BCUT2D eigenvalue weighted by Gasteiger charge is -2.15. The third kappa shape index (κ3) is 5.27. The Balaban J connectivity index is 1.69. The zero-order chi connectivity index (χ0) is 16.6. The average molecular weight is 391 g/mol. The first-order valence-corrected chi connectivity index (χ1v) is 9.09. The van der Waals surface area contributed by atoms with E-state index in [9.17, 15) is 0 Å². The molecule has 0 saturated carbocycles. The summed E-state index contributed by atoms with van der Waals surface area (Å²) in [4.78, 5) is 4.75. The van der Waals surface area contributed by atoms with Crippen LogP contribution in [0.4, 0.5) is 0 Å². The number of hydrogen-bond acceptors (Lipinski definition) is 5. The summed E-state index contributed by atoms with van der Waals surface area (Å²) in [6.45, 7) is 5.82. The highest BCUT2D eigenvalue weighted by atomic mass is 79.9. The maximum Gasteiger partial charge on any atom is 0.142 e. The topological polar surface area (TPSA) is 58.2 Å². The fraction of sp³-hybridized carbons (Fsp3) is 0.389. The summed E-state index contributed by atoms with van der Waals surface area (Å²) in [5.74, 6) is 0.846. The van der Waals surface area contributed by atoms with Crippen LogP contribution in [0, 0.1) is 0 Å². The number of pyridine rings is 1. The minimum absolute atomic E-state index is 0.543. The molecule has 1 aliphatic rings. The van der Waals surface area contributed by atoms with Gasteiger partial charge in [-0.2, -0.15) is 0 Å². The fourth-order valence-corrected chi connectivity index (χ4v) is 2.80. The summed E-state index contributed by atoms with van der Waals surface area (Å²) in [6.07, 6.45) is 0. The average Bonchev–Trinajstić information content (AvgIpc) is 2.59. The summed E-state index contributed by atoms with van der Waals surface area (Å²) >= 11 is 3.45. The summed E-state index contributed by atoms with van der Waals surface area (Å²) in [5, 5.41) is 10.2. The van der Waals surface area contributed by atoms with Crippen molar-refractivity contribution in [2.24, 2.45) is 0 Å². The van der Waals surface area contributed by atoms with Gasteiger partial charge in [0.05, 0.1) is 11.4 Å². The van der Waals surface area contributed by atoms with Crippen molar-refractivity contribution >= 4 is 15.9 Å². The molecule has 0 amide bonds. The van der Waals surface area contributed by atoms with Gasteiger partial charge in [0.25, 0.3) is 0 Å². The predicted octanol–water partition coefficient (Wildman–Crippen LogP) is 2.21. The van der Waals surface area contributed by atoms with E-state index < -0.39 is 0 Å². The maximum absolute atomic E-state index is 6.01. The summed E-state index contributed by atoms with van der Waals surface area (Å²) in [6, 6.07) is 12.2. The van der Waals surface area contributed by atoms with Gasteiger partial charge in [0.1, 0.15) is 12.4 Å². The number of aromatic nitrogens is 1. The van der Waals surface area contributed by atoms with Crippen LogP contribution in [0.5, 0.6) is 5.75 Å². The van der Waals surface area contributed by atoms with Gasteiger partial charge < -0.3 is 20.7 Å². The molecule has 0 radical (unpaired) electrons. The number of rotatable bonds is 3. The van der Waals surface area contributed by atoms with Crippen molar-refractivity contribution in [1.82, 2.24) is 20.9 Å².